The molecule has 20 heavy (non-hydrogen) atoms. The minimum absolute atomic E-state index is 0.0239. The monoisotopic (exact) mass is 280 g/mol. The average Bonchev–Trinajstić information content (AvgIpc) is 3.23. The Morgan fingerprint density at radius 1 is 1.20 bits per heavy atom. The second kappa shape index (κ2) is 5.38. The summed E-state index contributed by atoms with van der Waals surface area (Å²) in [5.74, 6) is 0.875. The zero-order valence-corrected chi connectivity index (χ0v) is 13.4. The number of amides is 2. The summed E-state index contributed by atoms with van der Waals surface area (Å²) >= 11 is 0. The molecule has 4 nitrogen and oxygen atoms in total. The molecule has 1 N–H and O–H groups in total. The Morgan fingerprint density at radius 3 is 2.15 bits per heavy atom. The van der Waals surface area contributed by atoms with E-state index in [1.54, 1.807) is 0 Å². The normalized spacial score (nSPS) is 27.7. The molecule has 114 valence electrons. The molecule has 2 amide bonds. The van der Waals surface area contributed by atoms with Crippen molar-refractivity contribution in [3.63, 3.8) is 0 Å². The summed E-state index contributed by atoms with van der Waals surface area (Å²) in [5, 5.41) is 3.02. The number of carbonyl (C=O) groups excluding carboxylic acids is 2. The third-order valence-electron chi connectivity index (χ3n) is 5.16. The molecule has 2 atom stereocenters. The lowest BCUT2D eigenvalue weighted by atomic mass is 9.83. The van der Waals surface area contributed by atoms with Crippen LogP contribution in [0.5, 0.6) is 0 Å². The quantitative estimate of drug-likeness (QED) is 0.840. The van der Waals surface area contributed by atoms with Gasteiger partial charge in [-0.15, -0.1) is 0 Å². The van der Waals surface area contributed by atoms with Gasteiger partial charge in [-0.2, -0.15) is 0 Å². The molecule has 2 fully saturated rings. The molecule has 1 heterocycles. The Bertz CT molecular complexity index is 397. The van der Waals surface area contributed by atoms with Gasteiger partial charge in [0.15, 0.2) is 0 Å². The number of piperazine rings is 1. The number of rotatable bonds is 5. The first-order valence-corrected chi connectivity index (χ1v) is 8.02. The second-order valence-corrected chi connectivity index (χ2v) is 6.76. The Hall–Kier alpha value is -1.06. The summed E-state index contributed by atoms with van der Waals surface area (Å²) in [6.07, 6.45) is 3.69. The lowest BCUT2D eigenvalue weighted by Gasteiger charge is -2.49. The minimum atomic E-state index is -0.689. The number of nitrogens with one attached hydrogen (secondary N) is 1. The average molecular weight is 280 g/mol. The Kier molecular flexibility index (Phi) is 4.12. The summed E-state index contributed by atoms with van der Waals surface area (Å²) in [4.78, 5) is 27.5. The molecule has 0 aromatic carbocycles. The number of hydrogen-bond acceptors (Lipinski definition) is 2. The maximum absolute atomic E-state index is 13.1. The van der Waals surface area contributed by atoms with Crippen molar-refractivity contribution in [3.8, 4) is 0 Å². The van der Waals surface area contributed by atoms with Crippen LogP contribution < -0.4 is 5.32 Å². The third-order valence-corrected chi connectivity index (χ3v) is 5.16. The van der Waals surface area contributed by atoms with Crippen LogP contribution in [0.2, 0.25) is 0 Å². The van der Waals surface area contributed by atoms with Crippen molar-refractivity contribution in [2.45, 2.75) is 77.9 Å². The van der Waals surface area contributed by atoms with Gasteiger partial charge >= 0.3 is 0 Å². The summed E-state index contributed by atoms with van der Waals surface area (Å²) < 4.78 is 0. The molecule has 2 unspecified atom stereocenters. The highest BCUT2D eigenvalue weighted by Crippen LogP contribution is 2.39. The number of nitrogens with zero attached hydrogens (tertiary/aromatic N) is 1. The van der Waals surface area contributed by atoms with Crippen LogP contribution in [0.15, 0.2) is 0 Å². The molecule has 2 rings (SSSR count). The SMILES string of the molecule is CCC1(CC)NC(=O)C(C(C)C)N(C(C)C2CC2)C1=O. The lowest BCUT2D eigenvalue weighted by Crippen LogP contribution is -2.72. The first kappa shape index (κ1) is 15.3. The summed E-state index contributed by atoms with van der Waals surface area (Å²) in [6.45, 7) is 10.1. The lowest BCUT2D eigenvalue weighted by molar-refractivity contribution is -0.160. The van der Waals surface area contributed by atoms with Crippen LogP contribution in [0.4, 0.5) is 0 Å². The third kappa shape index (κ3) is 2.33. The van der Waals surface area contributed by atoms with Crippen molar-refractivity contribution in [1.29, 1.82) is 0 Å². The van der Waals surface area contributed by atoms with Crippen LogP contribution in [-0.4, -0.2) is 34.3 Å². The van der Waals surface area contributed by atoms with Crippen molar-refractivity contribution in [2.75, 3.05) is 0 Å². The van der Waals surface area contributed by atoms with Crippen LogP contribution in [0, 0.1) is 11.8 Å². The Labute approximate surface area is 122 Å². The highest BCUT2D eigenvalue weighted by atomic mass is 16.2. The van der Waals surface area contributed by atoms with Gasteiger partial charge in [0.05, 0.1) is 0 Å². The molecular weight excluding hydrogens is 252 g/mol. The largest absolute Gasteiger partial charge is 0.340 e. The van der Waals surface area contributed by atoms with E-state index in [-0.39, 0.29) is 29.8 Å². The van der Waals surface area contributed by atoms with E-state index in [0.717, 1.165) is 0 Å². The van der Waals surface area contributed by atoms with Gasteiger partial charge in [-0.25, -0.2) is 0 Å². The van der Waals surface area contributed by atoms with Crippen LogP contribution in [0.3, 0.4) is 0 Å². The molecule has 0 spiro atoms. The highest BCUT2D eigenvalue weighted by Gasteiger charge is 2.52. The van der Waals surface area contributed by atoms with Gasteiger partial charge in [0.2, 0.25) is 11.8 Å². The van der Waals surface area contributed by atoms with Crippen molar-refractivity contribution in [3.05, 3.63) is 0 Å². The van der Waals surface area contributed by atoms with E-state index in [1.807, 2.05) is 32.6 Å². The van der Waals surface area contributed by atoms with E-state index >= 15 is 0 Å². The molecule has 1 aliphatic heterocycles. The zero-order chi connectivity index (χ0) is 15.1. The van der Waals surface area contributed by atoms with Gasteiger partial charge in [-0.3, -0.25) is 9.59 Å². The van der Waals surface area contributed by atoms with E-state index < -0.39 is 5.54 Å². The fourth-order valence-electron chi connectivity index (χ4n) is 3.46. The molecule has 1 saturated carbocycles. The highest BCUT2D eigenvalue weighted by molar-refractivity contribution is 6.00. The fraction of sp³-hybridized carbons (Fsp3) is 0.875. The zero-order valence-electron chi connectivity index (χ0n) is 13.4. The van der Waals surface area contributed by atoms with E-state index in [0.29, 0.717) is 18.8 Å². The standard InChI is InChI=1S/C16H28N2O2/c1-6-16(7-2)15(20)18(11(5)12-8-9-12)13(10(3)4)14(19)17-16/h10-13H,6-9H2,1-5H3,(H,17,19). The molecule has 4 heteroatoms. The van der Waals surface area contributed by atoms with Crippen molar-refractivity contribution in [1.82, 2.24) is 10.2 Å². The van der Waals surface area contributed by atoms with E-state index in [9.17, 15) is 9.59 Å². The molecular formula is C16H28N2O2. The van der Waals surface area contributed by atoms with Gasteiger partial charge in [0.25, 0.3) is 0 Å². The van der Waals surface area contributed by atoms with E-state index in [2.05, 4.69) is 12.2 Å². The minimum Gasteiger partial charge on any atom is -0.340 e. The smallest absolute Gasteiger partial charge is 0.249 e. The topological polar surface area (TPSA) is 49.4 Å². The van der Waals surface area contributed by atoms with Gasteiger partial charge < -0.3 is 10.2 Å². The van der Waals surface area contributed by atoms with Crippen LogP contribution in [0.25, 0.3) is 0 Å². The fourth-order valence-corrected chi connectivity index (χ4v) is 3.46. The predicted molar refractivity (Wildman–Crippen MR) is 79.1 cm³/mol. The van der Waals surface area contributed by atoms with Crippen LogP contribution in [-0.2, 0) is 9.59 Å². The number of carbonyl (C=O) groups is 2. The van der Waals surface area contributed by atoms with Gasteiger partial charge in [-0.05, 0) is 44.4 Å². The maximum atomic E-state index is 13.1. The van der Waals surface area contributed by atoms with Gasteiger partial charge in [0.1, 0.15) is 11.6 Å². The predicted octanol–water partition coefficient (Wildman–Crippen LogP) is 2.33. The van der Waals surface area contributed by atoms with Gasteiger partial charge in [-0.1, -0.05) is 27.7 Å². The molecule has 1 aliphatic carbocycles. The first-order chi connectivity index (χ1) is 9.38. The van der Waals surface area contributed by atoms with E-state index in [4.69, 9.17) is 0 Å². The molecule has 2 aliphatic rings. The summed E-state index contributed by atoms with van der Waals surface area (Å²) in [5.41, 5.74) is -0.689. The summed E-state index contributed by atoms with van der Waals surface area (Å²) in [6, 6.07) is -0.136. The Balaban J connectivity index is 2.37. The maximum Gasteiger partial charge on any atom is 0.249 e. The Morgan fingerprint density at radius 2 is 1.75 bits per heavy atom. The van der Waals surface area contributed by atoms with Crippen LogP contribution in [0.1, 0.15) is 60.3 Å². The summed E-state index contributed by atoms with van der Waals surface area (Å²) in [7, 11) is 0. The molecule has 0 bridgehead atoms. The van der Waals surface area contributed by atoms with Crippen molar-refractivity contribution in [2.24, 2.45) is 11.8 Å². The first-order valence-electron chi connectivity index (χ1n) is 8.02. The second-order valence-electron chi connectivity index (χ2n) is 6.76. The molecule has 0 radical (unpaired) electrons. The van der Waals surface area contributed by atoms with Crippen LogP contribution >= 0.6 is 0 Å². The molecule has 1 saturated heterocycles. The van der Waals surface area contributed by atoms with Gasteiger partial charge in [0, 0.05) is 6.04 Å². The van der Waals surface area contributed by atoms with Crippen molar-refractivity contribution >= 4 is 11.8 Å². The molecule has 0 aromatic rings. The number of hydrogen-bond donors (Lipinski definition) is 1. The molecule has 0 aromatic heterocycles. The van der Waals surface area contributed by atoms with Crippen molar-refractivity contribution < 1.29 is 9.59 Å². The van der Waals surface area contributed by atoms with E-state index in [1.165, 1.54) is 12.8 Å².